The van der Waals surface area contributed by atoms with Crippen LogP contribution in [0.3, 0.4) is 0 Å². The van der Waals surface area contributed by atoms with Gasteiger partial charge in [0, 0.05) is 26.3 Å². The van der Waals surface area contributed by atoms with Gasteiger partial charge in [-0.3, -0.25) is 0 Å². The molecule has 0 aliphatic rings. The fourth-order valence-corrected chi connectivity index (χ4v) is 1.85. The molecule has 1 unspecified atom stereocenters. The topological polar surface area (TPSA) is 61.0 Å². The van der Waals surface area contributed by atoms with E-state index in [2.05, 4.69) is 25.2 Å². The van der Waals surface area contributed by atoms with E-state index in [-0.39, 0.29) is 6.10 Å². The number of aromatic nitrogens is 1. The van der Waals surface area contributed by atoms with Gasteiger partial charge >= 0.3 is 0 Å². The van der Waals surface area contributed by atoms with Gasteiger partial charge in [0.05, 0.1) is 6.10 Å². The molecule has 0 amide bonds. The Morgan fingerprint density at radius 2 is 2.24 bits per heavy atom. The molecule has 0 bridgehead atoms. The number of nitrogens with zero attached hydrogens (tertiary/aromatic N) is 2. The van der Waals surface area contributed by atoms with Gasteiger partial charge in [0.25, 0.3) is 0 Å². The van der Waals surface area contributed by atoms with Crippen LogP contribution in [0.1, 0.15) is 31.5 Å². The van der Waals surface area contributed by atoms with E-state index in [0.717, 1.165) is 12.0 Å². The Morgan fingerprint density at radius 3 is 2.76 bits per heavy atom. The van der Waals surface area contributed by atoms with E-state index in [9.17, 15) is 5.11 Å². The summed E-state index contributed by atoms with van der Waals surface area (Å²) in [7, 11) is 1.86. The number of nitrogens with one attached hydrogen (secondary N) is 1. The minimum absolute atomic E-state index is 0.297. The lowest BCUT2D eigenvalue weighted by Gasteiger charge is -2.13. The molecule has 1 atom stereocenters. The van der Waals surface area contributed by atoms with Crippen LogP contribution < -0.4 is 5.32 Å². The lowest BCUT2D eigenvalue weighted by molar-refractivity contribution is 0.146. The molecule has 0 saturated heterocycles. The van der Waals surface area contributed by atoms with Crippen molar-refractivity contribution in [2.24, 2.45) is 13.0 Å². The molecular weight excluding hydrogens is 214 g/mol. The highest BCUT2D eigenvalue weighted by atomic mass is 16.3. The molecule has 0 radical (unpaired) electrons. The summed E-state index contributed by atoms with van der Waals surface area (Å²) in [6.45, 7) is 5.47. The average molecular weight is 235 g/mol. The highest BCUT2D eigenvalue weighted by molar-refractivity contribution is 5.28. The van der Waals surface area contributed by atoms with E-state index in [1.54, 1.807) is 0 Å². The van der Waals surface area contributed by atoms with Gasteiger partial charge in [-0.15, -0.1) is 0 Å². The third kappa shape index (κ3) is 4.59. The van der Waals surface area contributed by atoms with E-state index < -0.39 is 0 Å². The standard InChI is InChI=1S/C13H21N3O/c1-10(2)4-13(17)8-15-7-11-5-12(6-14)16(3)9-11/h5,9-10,13,15,17H,4,7-8H2,1-3H3. The van der Waals surface area contributed by atoms with Gasteiger partial charge in [-0.05, 0) is 24.0 Å². The van der Waals surface area contributed by atoms with Crippen molar-refractivity contribution in [3.8, 4) is 6.07 Å². The summed E-state index contributed by atoms with van der Waals surface area (Å²) < 4.78 is 1.81. The van der Waals surface area contributed by atoms with E-state index in [4.69, 9.17) is 5.26 Å². The van der Waals surface area contributed by atoms with Gasteiger partial charge in [-0.25, -0.2) is 0 Å². The smallest absolute Gasteiger partial charge is 0.120 e. The van der Waals surface area contributed by atoms with E-state index >= 15 is 0 Å². The summed E-state index contributed by atoms with van der Waals surface area (Å²) in [5.74, 6) is 0.508. The fourth-order valence-electron chi connectivity index (χ4n) is 1.85. The van der Waals surface area contributed by atoms with Crippen LogP contribution in [-0.4, -0.2) is 22.3 Å². The van der Waals surface area contributed by atoms with Gasteiger partial charge in [0.1, 0.15) is 11.8 Å². The Morgan fingerprint density at radius 1 is 1.53 bits per heavy atom. The molecule has 4 nitrogen and oxygen atoms in total. The quantitative estimate of drug-likeness (QED) is 0.783. The molecule has 17 heavy (non-hydrogen) atoms. The number of aryl methyl sites for hydroxylation is 1. The Balaban J connectivity index is 2.33. The second-order valence-corrected chi connectivity index (χ2v) is 4.87. The maximum Gasteiger partial charge on any atom is 0.120 e. The summed E-state index contributed by atoms with van der Waals surface area (Å²) in [6, 6.07) is 3.99. The molecule has 4 heteroatoms. The molecule has 0 aliphatic heterocycles. The maximum absolute atomic E-state index is 9.68. The maximum atomic E-state index is 9.68. The van der Waals surface area contributed by atoms with Crippen LogP contribution in [0.5, 0.6) is 0 Å². The molecule has 0 saturated carbocycles. The normalized spacial score (nSPS) is 12.7. The van der Waals surface area contributed by atoms with Crippen molar-refractivity contribution in [2.45, 2.75) is 32.9 Å². The van der Waals surface area contributed by atoms with Gasteiger partial charge in [-0.1, -0.05) is 13.8 Å². The first-order chi connectivity index (χ1) is 8.02. The molecule has 1 rings (SSSR count). The van der Waals surface area contributed by atoms with Gasteiger partial charge in [0.2, 0.25) is 0 Å². The predicted molar refractivity (Wildman–Crippen MR) is 67.3 cm³/mol. The number of nitriles is 1. The first-order valence-corrected chi connectivity index (χ1v) is 5.97. The molecule has 0 aromatic carbocycles. The van der Waals surface area contributed by atoms with E-state index in [1.165, 1.54) is 0 Å². The number of aliphatic hydroxyl groups is 1. The zero-order valence-electron chi connectivity index (χ0n) is 10.8. The predicted octanol–water partition coefficient (Wildman–Crippen LogP) is 1.39. The van der Waals surface area contributed by atoms with Crippen molar-refractivity contribution in [3.05, 3.63) is 23.5 Å². The van der Waals surface area contributed by atoms with Gasteiger partial charge < -0.3 is 15.0 Å². The van der Waals surface area contributed by atoms with Crippen molar-refractivity contribution >= 4 is 0 Å². The van der Waals surface area contributed by atoms with E-state index in [1.807, 2.05) is 23.9 Å². The fraction of sp³-hybridized carbons (Fsp3) is 0.615. The summed E-state index contributed by atoms with van der Waals surface area (Å²) in [6.07, 6.45) is 2.44. The monoisotopic (exact) mass is 235 g/mol. The summed E-state index contributed by atoms with van der Waals surface area (Å²) in [5, 5.41) is 21.7. The molecule has 0 aliphatic carbocycles. The van der Waals surface area contributed by atoms with E-state index in [0.29, 0.717) is 24.7 Å². The average Bonchev–Trinajstić information content (AvgIpc) is 2.57. The van der Waals surface area contributed by atoms with Crippen LogP contribution in [0, 0.1) is 17.2 Å². The lowest BCUT2D eigenvalue weighted by Crippen LogP contribution is -2.27. The summed E-state index contributed by atoms with van der Waals surface area (Å²) >= 11 is 0. The van der Waals surface area contributed by atoms with Crippen LogP contribution in [-0.2, 0) is 13.6 Å². The van der Waals surface area contributed by atoms with Gasteiger partial charge in [0.15, 0.2) is 0 Å². The molecule has 2 N–H and O–H groups in total. The van der Waals surface area contributed by atoms with Crippen molar-refractivity contribution in [1.82, 2.24) is 9.88 Å². The second kappa shape index (κ2) is 6.43. The van der Waals surface area contributed by atoms with Gasteiger partial charge in [-0.2, -0.15) is 5.26 Å². The van der Waals surface area contributed by atoms with Crippen molar-refractivity contribution in [3.63, 3.8) is 0 Å². The lowest BCUT2D eigenvalue weighted by atomic mass is 10.1. The third-order valence-corrected chi connectivity index (χ3v) is 2.63. The minimum atomic E-state index is -0.297. The molecule has 1 aromatic heterocycles. The van der Waals surface area contributed by atoms with Crippen LogP contribution in [0.2, 0.25) is 0 Å². The SMILES string of the molecule is CC(C)CC(O)CNCc1cc(C#N)n(C)c1. The summed E-state index contributed by atoms with van der Waals surface area (Å²) in [5.41, 5.74) is 1.73. The molecule has 1 heterocycles. The Hall–Kier alpha value is -1.31. The Kier molecular flexibility index (Phi) is 5.20. The van der Waals surface area contributed by atoms with Crippen LogP contribution >= 0.6 is 0 Å². The molecule has 0 spiro atoms. The zero-order chi connectivity index (χ0) is 12.8. The number of hydrogen-bond donors (Lipinski definition) is 2. The second-order valence-electron chi connectivity index (χ2n) is 4.87. The number of aliphatic hydroxyl groups excluding tert-OH is 1. The van der Waals surface area contributed by atoms with Crippen molar-refractivity contribution in [1.29, 1.82) is 5.26 Å². The van der Waals surface area contributed by atoms with Crippen LogP contribution in [0.15, 0.2) is 12.3 Å². The molecule has 1 aromatic rings. The number of rotatable bonds is 6. The molecular formula is C13H21N3O. The Bertz CT molecular complexity index is 390. The third-order valence-electron chi connectivity index (χ3n) is 2.63. The summed E-state index contributed by atoms with van der Waals surface area (Å²) in [4.78, 5) is 0. The first kappa shape index (κ1) is 13.8. The number of hydrogen-bond acceptors (Lipinski definition) is 3. The molecule has 0 fully saturated rings. The van der Waals surface area contributed by atoms with Crippen LogP contribution in [0.25, 0.3) is 0 Å². The Labute approximate surface area is 103 Å². The largest absolute Gasteiger partial charge is 0.392 e. The first-order valence-electron chi connectivity index (χ1n) is 5.97. The zero-order valence-corrected chi connectivity index (χ0v) is 10.8. The highest BCUT2D eigenvalue weighted by Crippen LogP contribution is 2.06. The molecule has 94 valence electrons. The van der Waals surface area contributed by atoms with Crippen LogP contribution in [0.4, 0.5) is 0 Å². The highest BCUT2D eigenvalue weighted by Gasteiger charge is 2.07. The minimum Gasteiger partial charge on any atom is -0.392 e. The van der Waals surface area contributed by atoms with Crippen molar-refractivity contribution < 1.29 is 5.11 Å². The van der Waals surface area contributed by atoms with Crippen molar-refractivity contribution in [2.75, 3.05) is 6.54 Å².